The molecule has 4 rings (SSSR count). The first kappa shape index (κ1) is 21.6. The Morgan fingerprint density at radius 1 is 1.03 bits per heavy atom. The van der Waals surface area contributed by atoms with E-state index in [-0.39, 0.29) is 24.9 Å². The molecule has 0 saturated carbocycles. The molecular weight excluding hydrogens is 422 g/mol. The van der Waals surface area contributed by atoms with Crippen LogP contribution >= 0.6 is 11.8 Å². The molecule has 0 bridgehead atoms. The number of hydrogen-bond acceptors (Lipinski definition) is 4. The summed E-state index contributed by atoms with van der Waals surface area (Å²) in [7, 11) is 0. The van der Waals surface area contributed by atoms with Gasteiger partial charge in [0.15, 0.2) is 0 Å². The smallest absolute Gasteiger partial charge is 0.324 e. The summed E-state index contributed by atoms with van der Waals surface area (Å²) in [5.41, 5.74) is 4.14. The van der Waals surface area contributed by atoms with Crippen LogP contribution in [0.1, 0.15) is 27.0 Å². The lowest BCUT2D eigenvalue weighted by Gasteiger charge is -2.15. The van der Waals surface area contributed by atoms with E-state index in [1.165, 1.54) is 16.0 Å². The van der Waals surface area contributed by atoms with Crippen LogP contribution in [0.5, 0.6) is 0 Å². The standard InChI is InChI=1S/C25H23N3O3S/c1-16-7-8-17(2)22(13-16)32-20-11-9-19(10-12-20)27-24(30)21-6-4-3-5-18(21)15-28-23(29)14-26-25(28)31/h3-13H,14-15H2,1-2H3,(H,26,31)(H,27,30). The summed E-state index contributed by atoms with van der Waals surface area (Å²) >= 11 is 1.68. The molecule has 7 heteroatoms. The number of rotatable bonds is 6. The minimum Gasteiger partial charge on any atom is -0.329 e. The molecule has 1 aliphatic heterocycles. The van der Waals surface area contributed by atoms with E-state index in [0.717, 1.165) is 9.80 Å². The van der Waals surface area contributed by atoms with E-state index in [4.69, 9.17) is 0 Å². The summed E-state index contributed by atoms with van der Waals surface area (Å²) in [6, 6.07) is 20.6. The van der Waals surface area contributed by atoms with Crippen molar-refractivity contribution in [2.45, 2.75) is 30.2 Å². The zero-order valence-corrected chi connectivity index (χ0v) is 18.7. The third-order valence-electron chi connectivity index (χ3n) is 5.21. The van der Waals surface area contributed by atoms with Gasteiger partial charge in [-0.1, -0.05) is 42.1 Å². The van der Waals surface area contributed by atoms with Gasteiger partial charge in [0.2, 0.25) is 5.91 Å². The fraction of sp³-hybridized carbons (Fsp3) is 0.160. The van der Waals surface area contributed by atoms with E-state index in [9.17, 15) is 14.4 Å². The number of hydrogen-bond donors (Lipinski definition) is 2. The molecule has 6 nitrogen and oxygen atoms in total. The van der Waals surface area contributed by atoms with Crippen molar-refractivity contribution in [3.05, 3.63) is 89.0 Å². The third-order valence-corrected chi connectivity index (χ3v) is 6.38. The van der Waals surface area contributed by atoms with Gasteiger partial charge < -0.3 is 10.6 Å². The monoisotopic (exact) mass is 445 g/mol. The van der Waals surface area contributed by atoms with E-state index in [0.29, 0.717) is 16.8 Å². The average molecular weight is 446 g/mol. The van der Waals surface area contributed by atoms with Crippen LogP contribution in [0.15, 0.2) is 76.5 Å². The van der Waals surface area contributed by atoms with Gasteiger partial charge in [-0.2, -0.15) is 0 Å². The molecule has 1 fully saturated rings. The Kier molecular flexibility index (Phi) is 6.28. The quantitative estimate of drug-likeness (QED) is 0.537. The minimum absolute atomic E-state index is 0.0143. The van der Waals surface area contributed by atoms with Crippen LogP contribution in [-0.4, -0.2) is 29.3 Å². The van der Waals surface area contributed by atoms with Crippen molar-refractivity contribution >= 4 is 35.3 Å². The van der Waals surface area contributed by atoms with Gasteiger partial charge in [-0.25, -0.2) is 4.79 Å². The number of aryl methyl sites for hydroxylation is 2. The number of imide groups is 1. The molecule has 32 heavy (non-hydrogen) atoms. The number of urea groups is 1. The van der Waals surface area contributed by atoms with Gasteiger partial charge in [-0.15, -0.1) is 0 Å². The van der Waals surface area contributed by atoms with E-state index < -0.39 is 6.03 Å². The Morgan fingerprint density at radius 3 is 2.50 bits per heavy atom. The molecule has 162 valence electrons. The van der Waals surface area contributed by atoms with Crippen molar-refractivity contribution in [2.24, 2.45) is 0 Å². The number of nitrogens with one attached hydrogen (secondary N) is 2. The summed E-state index contributed by atoms with van der Waals surface area (Å²) in [6.45, 7) is 4.21. The number of benzene rings is 3. The highest BCUT2D eigenvalue weighted by molar-refractivity contribution is 7.99. The van der Waals surface area contributed by atoms with Crippen molar-refractivity contribution in [1.82, 2.24) is 10.2 Å². The predicted molar refractivity (Wildman–Crippen MR) is 125 cm³/mol. The topological polar surface area (TPSA) is 78.5 Å². The fourth-order valence-corrected chi connectivity index (χ4v) is 4.41. The van der Waals surface area contributed by atoms with Crippen LogP contribution in [-0.2, 0) is 11.3 Å². The van der Waals surface area contributed by atoms with Crippen LogP contribution in [0, 0.1) is 13.8 Å². The molecule has 0 spiro atoms. The Hall–Kier alpha value is -3.58. The molecule has 1 aliphatic rings. The number of carbonyl (C=O) groups excluding carboxylic acids is 3. The van der Waals surface area contributed by atoms with Gasteiger partial charge in [0.1, 0.15) is 0 Å². The van der Waals surface area contributed by atoms with Gasteiger partial charge in [-0.05, 0) is 66.9 Å². The van der Waals surface area contributed by atoms with Gasteiger partial charge in [0.25, 0.3) is 5.91 Å². The first-order valence-electron chi connectivity index (χ1n) is 10.2. The normalized spacial score (nSPS) is 13.2. The maximum absolute atomic E-state index is 12.9. The number of carbonyl (C=O) groups is 3. The van der Waals surface area contributed by atoms with Crippen LogP contribution in [0.2, 0.25) is 0 Å². The molecule has 2 N–H and O–H groups in total. The molecule has 3 aromatic rings. The van der Waals surface area contributed by atoms with E-state index >= 15 is 0 Å². The highest BCUT2D eigenvalue weighted by Crippen LogP contribution is 2.31. The SMILES string of the molecule is Cc1ccc(C)c(Sc2ccc(NC(=O)c3ccccc3CN3C(=O)CNC3=O)cc2)c1. The van der Waals surface area contributed by atoms with Crippen molar-refractivity contribution in [2.75, 3.05) is 11.9 Å². The molecule has 1 heterocycles. The zero-order chi connectivity index (χ0) is 22.7. The van der Waals surface area contributed by atoms with Gasteiger partial charge >= 0.3 is 6.03 Å². The first-order valence-corrected chi connectivity index (χ1v) is 11.0. The Morgan fingerprint density at radius 2 is 1.78 bits per heavy atom. The van der Waals surface area contributed by atoms with Crippen LogP contribution in [0.25, 0.3) is 0 Å². The van der Waals surface area contributed by atoms with Crippen molar-refractivity contribution in [3.8, 4) is 0 Å². The zero-order valence-electron chi connectivity index (χ0n) is 17.8. The molecule has 0 radical (unpaired) electrons. The van der Waals surface area contributed by atoms with E-state index in [1.54, 1.807) is 36.0 Å². The molecule has 0 unspecified atom stereocenters. The maximum Gasteiger partial charge on any atom is 0.324 e. The lowest BCUT2D eigenvalue weighted by molar-refractivity contribution is -0.125. The van der Waals surface area contributed by atoms with Crippen molar-refractivity contribution < 1.29 is 14.4 Å². The summed E-state index contributed by atoms with van der Waals surface area (Å²) in [4.78, 5) is 40.1. The maximum atomic E-state index is 12.9. The molecule has 0 aromatic heterocycles. The van der Waals surface area contributed by atoms with Crippen LogP contribution < -0.4 is 10.6 Å². The number of nitrogens with zero attached hydrogens (tertiary/aromatic N) is 1. The molecular formula is C25H23N3O3S. The molecule has 1 saturated heterocycles. The van der Waals surface area contributed by atoms with E-state index in [2.05, 4.69) is 42.7 Å². The van der Waals surface area contributed by atoms with Gasteiger partial charge in [-0.3, -0.25) is 14.5 Å². The van der Waals surface area contributed by atoms with Gasteiger partial charge in [0.05, 0.1) is 13.1 Å². The Balaban J connectivity index is 1.46. The van der Waals surface area contributed by atoms with Gasteiger partial charge in [0, 0.05) is 21.0 Å². The molecule has 0 aliphatic carbocycles. The molecule has 3 aromatic carbocycles. The summed E-state index contributed by atoms with van der Waals surface area (Å²) in [5.74, 6) is -0.593. The number of amides is 4. The minimum atomic E-state index is -0.442. The largest absolute Gasteiger partial charge is 0.329 e. The summed E-state index contributed by atoms with van der Waals surface area (Å²) < 4.78 is 0. The predicted octanol–water partition coefficient (Wildman–Crippen LogP) is 4.76. The number of anilines is 1. The average Bonchev–Trinajstić information content (AvgIpc) is 3.10. The summed E-state index contributed by atoms with van der Waals surface area (Å²) in [5, 5.41) is 5.40. The van der Waals surface area contributed by atoms with E-state index in [1.807, 2.05) is 24.3 Å². The lowest BCUT2D eigenvalue weighted by atomic mass is 10.1. The van der Waals surface area contributed by atoms with Crippen LogP contribution in [0.4, 0.5) is 10.5 Å². The van der Waals surface area contributed by atoms with Crippen molar-refractivity contribution in [1.29, 1.82) is 0 Å². The van der Waals surface area contributed by atoms with Crippen molar-refractivity contribution in [3.63, 3.8) is 0 Å². The second-order valence-electron chi connectivity index (χ2n) is 7.65. The lowest BCUT2D eigenvalue weighted by Crippen LogP contribution is -2.31. The fourth-order valence-electron chi connectivity index (χ4n) is 3.41. The first-order chi connectivity index (χ1) is 15.4. The second kappa shape index (κ2) is 9.28. The second-order valence-corrected chi connectivity index (χ2v) is 8.76. The molecule has 0 atom stereocenters. The summed E-state index contributed by atoms with van der Waals surface area (Å²) in [6.07, 6.45) is 0. The molecule has 4 amide bonds. The third kappa shape index (κ3) is 4.84. The Bertz CT molecular complexity index is 1180. The highest BCUT2D eigenvalue weighted by Gasteiger charge is 2.29. The Labute approximate surface area is 191 Å². The highest BCUT2D eigenvalue weighted by atomic mass is 32.2. The van der Waals surface area contributed by atoms with Crippen LogP contribution in [0.3, 0.4) is 0 Å².